The van der Waals surface area contributed by atoms with Gasteiger partial charge in [0.2, 0.25) is 0 Å². The molecule has 3 unspecified atom stereocenters. The lowest BCUT2D eigenvalue weighted by atomic mass is 9.76. The molecule has 0 aromatic heterocycles. The highest BCUT2D eigenvalue weighted by Gasteiger charge is 2.39. The molecule has 0 radical (unpaired) electrons. The number of methoxy groups -OCH3 is 1. The number of hydrogen-bond donors (Lipinski definition) is 1. The highest BCUT2D eigenvalue weighted by Crippen LogP contribution is 2.53. The zero-order valence-electron chi connectivity index (χ0n) is 18.0. The van der Waals surface area contributed by atoms with Crippen LogP contribution in [-0.4, -0.2) is 13.7 Å². The second kappa shape index (κ2) is 8.89. The molecule has 31 heavy (non-hydrogen) atoms. The predicted molar refractivity (Wildman–Crippen MR) is 126 cm³/mol. The first-order chi connectivity index (χ1) is 15.3. The Morgan fingerprint density at radius 1 is 0.871 bits per heavy atom. The maximum Gasteiger partial charge on any atom is 0.142 e. The van der Waals surface area contributed by atoms with Gasteiger partial charge in [0, 0.05) is 11.5 Å². The number of aryl methyl sites for hydroxylation is 1. The first-order valence-electron chi connectivity index (χ1n) is 11.2. The van der Waals surface area contributed by atoms with Gasteiger partial charge in [-0.05, 0) is 48.4 Å². The Morgan fingerprint density at radius 2 is 1.65 bits per heavy atom. The molecule has 1 heterocycles. The fourth-order valence-electron chi connectivity index (χ4n) is 5.05. The number of ether oxygens (including phenoxy) is 2. The van der Waals surface area contributed by atoms with E-state index in [-0.39, 0.29) is 6.04 Å². The maximum absolute atomic E-state index is 6.30. The summed E-state index contributed by atoms with van der Waals surface area (Å²) in [5.41, 5.74) is 5.04. The lowest BCUT2D eigenvalue weighted by molar-refractivity contribution is 0.309. The molecule has 3 heteroatoms. The van der Waals surface area contributed by atoms with E-state index in [1.54, 1.807) is 7.11 Å². The number of fused-ring (bicyclic) bond motifs is 3. The standard InChI is InChI=1S/C28H29NO2/c1-30-25-17-6-5-13-24(25)27-22-15-7-14-21(22)23-16-8-18-26(28(23)29-27)31-19-9-12-20-10-3-2-4-11-20/h2-8,10-11,13-14,16-18,21-22,27,29H,9,12,15,19H2,1H3. The van der Waals surface area contributed by atoms with Crippen molar-refractivity contribution < 1.29 is 9.47 Å². The van der Waals surface area contributed by atoms with Crippen LogP contribution in [0.2, 0.25) is 0 Å². The second-order valence-corrected chi connectivity index (χ2v) is 8.38. The third kappa shape index (κ3) is 3.93. The van der Waals surface area contributed by atoms with Crippen molar-refractivity contribution in [3.05, 3.63) is 102 Å². The van der Waals surface area contributed by atoms with Crippen LogP contribution in [0.5, 0.6) is 11.5 Å². The molecule has 0 saturated heterocycles. The van der Waals surface area contributed by atoms with Crippen molar-refractivity contribution in [1.29, 1.82) is 0 Å². The van der Waals surface area contributed by atoms with Crippen LogP contribution in [0, 0.1) is 5.92 Å². The van der Waals surface area contributed by atoms with E-state index in [0.29, 0.717) is 18.4 Å². The van der Waals surface area contributed by atoms with Crippen molar-refractivity contribution >= 4 is 5.69 Å². The summed E-state index contributed by atoms with van der Waals surface area (Å²) >= 11 is 0. The Morgan fingerprint density at radius 3 is 2.52 bits per heavy atom. The van der Waals surface area contributed by atoms with E-state index >= 15 is 0 Å². The van der Waals surface area contributed by atoms with E-state index in [1.165, 1.54) is 16.7 Å². The molecule has 0 spiro atoms. The highest BCUT2D eigenvalue weighted by atomic mass is 16.5. The molecule has 158 valence electrons. The van der Waals surface area contributed by atoms with Crippen LogP contribution in [0.1, 0.15) is 41.5 Å². The van der Waals surface area contributed by atoms with Crippen LogP contribution in [0.3, 0.4) is 0 Å². The van der Waals surface area contributed by atoms with Gasteiger partial charge in [-0.25, -0.2) is 0 Å². The first-order valence-corrected chi connectivity index (χ1v) is 11.2. The highest BCUT2D eigenvalue weighted by molar-refractivity contribution is 5.68. The average molecular weight is 412 g/mol. The molecular weight excluding hydrogens is 382 g/mol. The summed E-state index contributed by atoms with van der Waals surface area (Å²) in [6, 6.07) is 25.6. The number of hydrogen-bond acceptors (Lipinski definition) is 3. The minimum Gasteiger partial charge on any atom is -0.496 e. The second-order valence-electron chi connectivity index (χ2n) is 8.38. The summed E-state index contributed by atoms with van der Waals surface area (Å²) in [6.45, 7) is 0.705. The number of para-hydroxylation sites is 2. The van der Waals surface area contributed by atoms with Gasteiger partial charge in [0.15, 0.2) is 0 Å². The van der Waals surface area contributed by atoms with Crippen LogP contribution >= 0.6 is 0 Å². The van der Waals surface area contributed by atoms with Crippen LogP contribution in [0.4, 0.5) is 5.69 Å². The molecule has 3 nitrogen and oxygen atoms in total. The molecule has 1 aliphatic carbocycles. The Balaban J connectivity index is 1.38. The Labute approximate surface area is 184 Å². The first kappa shape index (κ1) is 19.7. The fourth-order valence-corrected chi connectivity index (χ4v) is 5.05. The summed E-state index contributed by atoms with van der Waals surface area (Å²) in [5.74, 6) is 2.77. The van der Waals surface area contributed by atoms with Gasteiger partial charge in [0.05, 0.1) is 25.4 Å². The summed E-state index contributed by atoms with van der Waals surface area (Å²) in [5, 5.41) is 3.84. The van der Waals surface area contributed by atoms with Crippen molar-refractivity contribution in [1.82, 2.24) is 0 Å². The Bertz CT molecular complexity index is 1060. The zero-order valence-corrected chi connectivity index (χ0v) is 18.0. The Hall–Kier alpha value is -3.20. The van der Waals surface area contributed by atoms with Gasteiger partial charge in [-0.2, -0.15) is 0 Å². The van der Waals surface area contributed by atoms with Crippen molar-refractivity contribution in [3.8, 4) is 11.5 Å². The number of nitrogens with one attached hydrogen (secondary N) is 1. The molecule has 5 rings (SSSR count). The van der Waals surface area contributed by atoms with Gasteiger partial charge in [-0.1, -0.05) is 72.8 Å². The number of benzene rings is 3. The van der Waals surface area contributed by atoms with Crippen molar-refractivity contribution in [2.24, 2.45) is 5.92 Å². The number of rotatable bonds is 7. The lowest BCUT2D eigenvalue weighted by Crippen LogP contribution is -2.29. The van der Waals surface area contributed by atoms with Gasteiger partial charge >= 0.3 is 0 Å². The largest absolute Gasteiger partial charge is 0.496 e. The van der Waals surface area contributed by atoms with E-state index in [9.17, 15) is 0 Å². The molecule has 0 fully saturated rings. The third-order valence-electron chi connectivity index (χ3n) is 6.54. The maximum atomic E-state index is 6.30. The molecular formula is C28H29NO2. The zero-order chi connectivity index (χ0) is 21.0. The van der Waals surface area contributed by atoms with Crippen molar-refractivity contribution in [3.63, 3.8) is 0 Å². The predicted octanol–water partition coefficient (Wildman–Crippen LogP) is 6.53. The summed E-state index contributed by atoms with van der Waals surface area (Å²) in [4.78, 5) is 0. The summed E-state index contributed by atoms with van der Waals surface area (Å²) in [6.07, 6.45) is 7.78. The Kier molecular flexibility index (Phi) is 5.66. The van der Waals surface area contributed by atoms with Gasteiger partial charge in [0.25, 0.3) is 0 Å². The summed E-state index contributed by atoms with van der Waals surface area (Å²) in [7, 11) is 1.75. The molecule has 1 aliphatic heterocycles. The monoisotopic (exact) mass is 411 g/mol. The van der Waals surface area contributed by atoms with Crippen molar-refractivity contribution in [2.75, 3.05) is 19.0 Å². The minimum atomic E-state index is 0.192. The molecule has 0 amide bonds. The van der Waals surface area contributed by atoms with Crippen LogP contribution in [0.25, 0.3) is 0 Å². The van der Waals surface area contributed by atoms with E-state index in [0.717, 1.165) is 36.4 Å². The van der Waals surface area contributed by atoms with Crippen LogP contribution in [-0.2, 0) is 6.42 Å². The molecule has 0 saturated carbocycles. The third-order valence-corrected chi connectivity index (χ3v) is 6.54. The molecule has 3 aromatic carbocycles. The normalized spacial score (nSPS) is 21.1. The van der Waals surface area contributed by atoms with Crippen LogP contribution in [0.15, 0.2) is 84.9 Å². The topological polar surface area (TPSA) is 30.5 Å². The summed E-state index contributed by atoms with van der Waals surface area (Å²) < 4.78 is 12.0. The van der Waals surface area contributed by atoms with Crippen LogP contribution < -0.4 is 14.8 Å². The van der Waals surface area contributed by atoms with Gasteiger partial charge in [-0.15, -0.1) is 0 Å². The molecule has 0 bridgehead atoms. The van der Waals surface area contributed by atoms with Gasteiger partial charge < -0.3 is 14.8 Å². The number of allylic oxidation sites excluding steroid dienone is 2. The van der Waals surface area contributed by atoms with E-state index in [1.807, 2.05) is 6.07 Å². The average Bonchev–Trinajstić information content (AvgIpc) is 3.32. The molecule has 1 N–H and O–H groups in total. The molecule has 2 aliphatic rings. The minimum absolute atomic E-state index is 0.192. The fraction of sp³-hybridized carbons (Fsp3) is 0.286. The lowest BCUT2D eigenvalue weighted by Gasteiger charge is -2.38. The SMILES string of the molecule is COc1ccccc1C1Nc2c(OCCCc3ccccc3)cccc2C2C=CCC21. The van der Waals surface area contributed by atoms with E-state index in [4.69, 9.17) is 9.47 Å². The van der Waals surface area contributed by atoms with E-state index < -0.39 is 0 Å². The van der Waals surface area contributed by atoms with Gasteiger partial charge in [-0.3, -0.25) is 0 Å². The number of anilines is 1. The van der Waals surface area contributed by atoms with Crippen molar-refractivity contribution in [2.45, 2.75) is 31.2 Å². The molecule has 3 atom stereocenters. The van der Waals surface area contributed by atoms with Gasteiger partial charge in [0.1, 0.15) is 11.5 Å². The smallest absolute Gasteiger partial charge is 0.142 e. The molecule has 3 aromatic rings. The van der Waals surface area contributed by atoms with E-state index in [2.05, 4.69) is 84.2 Å². The quantitative estimate of drug-likeness (QED) is 0.354.